The molecule has 0 aliphatic carbocycles. The lowest BCUT2D eigenvalue weighted by Gasteiger charge is -2.27. The molecule has 130 valence electrons. The quantitative estimate of drug-likeness (QED) is 0.814. The standard InChI is InChI=1S/C17H16ClN3O4/c18-15-2-1-13(9-14(15)17(23)24)20-19-12-3-6-21(7-4-12)16(22)11-5-8-25-10-11/h1-2,5,8-10,20H,3-4,6-7H2,(H,23,24). The number of anilines is 1. The average Bonchev–Trinajstić information content (AvgIpc) is 3.15. The zero-order valence-corrected chi connectivity index (χ0v) is 14.0. The van der Waals surface area contributed by atoms with E-state index in [-0.39, 0.29) is 16.5 Å². The van der Waals surface area contributed by atoms with Crippen LogP contribution in [-0.2, 0) is 0 Å². The van der Waals surface area contributed by atoms with Crippen molar-refractivity contribution < 1.29 is 19.1 Å². The highest BCUT2D eigenvalue weighted by atomic mass is 35.5. The number of aromatic carboxylic acids is 1. The molecule has 0 unspecified atom stereocenters. The van der Waals surface area contributed by atoms with Gasteiger partial charge >= 0.3 is 5.97 Å². The summed E-state index contributed by atoms with van der Waals surface area (Å²) in [4.78, 5) is 25.1. The van der Waals surface area contributed by atoms with Crippen molar-refractivity contribution in [3.05, 3.63) is 52.9 Å². The molecule has 8 heteroatoms. The molecule has 0 atom stereocenters. The fourth-order valence-electron chi connectivity index (χ4n) is 2.55. The van der Waals surface area contributed by atoms with E-state index in [2.05, 4.69) is 10.5 Å². The van der Waals surface area contributed by atoms with Crippen molar-refractivity contribution in [3.8, 4) is 0 Å². The number of piperidine rings is 1. The molecular formula is C17H16ClN3O4. The lowest BCUT2D eigenvalue weighted by atomic mass is 10.1. The zero-order chi connectivity index (χ0) is 17.8. The monoisotopic (exact) mass is 361 g/mol. The maximum absolute atomic E-state index is 12.2. The average molecular weight is 362 g/mol. The minimum atomic E-state index is -1.09. The normalized spacial score (nSPS) is 14.3. The first-order valence-electron chi connectivity index (χ1n) is 7.70. The highest BCUT2D eigenvalue weighted by molar-refractivity contribution is 6.33. The van der Waals surface area contributed by atoms with E-state index in [1.165, 1.54) is 24.7 Å². The second-order valence-electron chi connectivity index (χ2n) is 5.59. The van der Waals surface area contributed by atoms with Crippen molar-refractivity contribution in [2.24, 2.45) is 5.10 Å². The Morgan fingerprint density at radius 2 is 2.00 bits per heavy atom. The summed E-state index contributed by atoms with van der Waals surface area (Å²) >= 11 is 5.84. The molecule has 2 aromatic rings. The number of nitrogens with zero attached hydrogens (tertiary/aromatic N) is 2. The molecule has 2 heterocycles. The molecule has 0 spiro atoms. The summed E-state index contributed by atoms with van der Waals surface area (Å²) in [6, 6.07) is 6.26. The number of amides is 1. The van der Waals surface area contributed by atoms with Gasteiger partial charge in [-0.1, -0.05) is 11.6 Å². The van der Waals surface area contributed by atoms with E-state index in [0.717, 1.165) is 5.71 Å². The van der Waals surface area contributed by atoms with Gasteiger partial charge < -0.3 is 14.4 Å². The third-order valence-corrected chi connectivity index (χ3v) is 4.27. The summed E-state index contributed by atoms with van der Waals surface area (Å²) in [5.74, 6) is -1.14. The highest BCUT2D eigenvalue weighted by Gasteiger charge is 2.21. The number of nitrogens with one attached hydrogen (secondary N) is 1. The van der Waals surface area contributed by atoms with Gasteiger partial charge in [-0.25, -0.2) is 4.79 Å². The summed E-state index contributed by atoms with van der Waals surface area (Å²) < 4.78 is 4.94. The number of carboxylic acids is 1. The molecule has 1 amide bonds. The maximum atomic E-state index is 12.2. The summed E-state index contributed by atoms with van der Waals surface area (Å²) in [7, 11) is 0. The van der Waals surface area contributed by atoms with Gasteiger partial charge in [0, 0.05) is 31.6 Å². The lowest BCUT2D eigenvalue weighted by molar-refractivity contribution is 0.0695. The van der Waals surface area contributed by atoms with Crippen LogP contribution in [0.25, 0.3) is 0 Å². The topological polar surface area (TPSA) is 95.1 Å². The van der Waals surface area contributed by atoms with Crippen LogP contribution in [-0.4, -0.2) is 40.7 Å². The largest absolute Gasteiger partial charge is 0.478 e. The highest BCUT2D eigenvalue weighted by Crippen LogP contribution is 2.21. The molecule has 2 N–H and O–H groups in total. The van der Waals surface area contributed by atoms with E-state index in [1.807, 2.05) is 0 Å². The van der Waals surface area contributed by atoms with Crippen LogP contribution in [0, 0.1) is 0 Å². The fourth-order valence-corrected chi connectivity index (χ4v) is 2.75. The number of carbonyl (C=O) groups excluding carboxylic acids is 1. The van der Waals surface area contributed by atoms with Crippen LogP contribution >= 0.6 is 11.6 Å². The van der Waals surface area contributed by atoms with E-state index in [4.69, 9.17) is 21.1 Å². The number of hydrogen-bond donors (Lipinski definition) is 2. The van der Waals surface area contributed by atoms with Crippen LogP contribution in [0.4, 0.5) is 5.69 Å². The molecule has 1 aromatic heterocycles. The smallest absolute Gasteiger partial charge is 0.337 e. The van der Waals surface area contributed by atoms with Crippen LogP contribution in [0.5, 0.6) is 0 Å². The summed E-state index contributed by atoms with van der Waals surface area (Å²) in [5.41, 5.74) is 4.89. The van der Waals surface area contributed by atoms with E-state index >= 15 is 0 Å². The Kier molecular flexibility index (Phi) is 5.04. The molecule has 1 aliphatic rings. The maximum Gasteiger partial charge on any atom is 0.337 e. The number of benzene rings is 1. The lowest BCUT2D eigenvalue weighted by Crippen LogP contribution is -2.38. The first-order valence-corrected chi connectivity index (χ1v) is 8.08. The van der Waals surface area contributed by atoms with Crippen molar-refractivity contribution >= 4 is 34.9 Å². The van der Waals surface area contributed by atoms with Crippen molar-refractivity contribution in [1.82, 2.24) is 4.90 Å². The third-order valence-electron chi connectivity index (χ3n) is 3.94. The summed E-state index contributed by atoms with van der Waals surface area (Å²) in [5, 5.41) is 13.6. The molecule has 0 radical (unpaired) electrons. The molecule has 3 rings (SSSR count). The fraction of sp³-hybridized carbons (Fsp3) is 0.235. The van der Waals surface area contributed by atoms with Gasteiger partial charge in [-0.05, 0) is 24.3 Å². The number of carbonyl (C=O) groups is 2. The molecule has 0 bridgehead atoms. The second kappa shape index (κ2) is 7.40. The van der Waals surface area contributed by atoms with E-state index < -0.39 is 5.97 Å². The molecule has 7 nitrogen and oxygen atoms in total. The first-order chi connectivity index (χ1) is 12.0. The van der Waals surface area contributed by atoms with Gasteiger partial charge in [0.1, 0.15) is 6.26 Å². The Bertz CT molecular complexity index is 807. The molecule has 25 heavy (non-hydrogen) atoms. The third kappa shape index (κ3) is 4.00. The zero-order valence-electron chi connectivity index (χ0n) is 13.2. The Labute approximate surface area is 148 Å². The number of rotatable bonds is 4. The van der Waals surface area contributed by atoms with Gasteiger partial charge in [0.2, 0.25) is 0 Å². The predicted octanol–water partition coefficient (Wildman–Crippen LogP) is 3.34. The molecule has 1 aliphatic heterocycles. The molecule has 1 fully saturated rings. The predicted molar refractivity (Wildman–Crippen MR) is 93.3 cm³/mol. The van der Waals surface area contributed by atoms with Gasteiger partial charge in [-0.15, -0.1) is 0 Å². The van der Waals surface area contributed by atoms with Crippen LogP contribution < -0.4 is 5.43 Å². The first kappa shape index (κ1) is 17.0. The number of furan rings is 1. The molecule has 0 saturated carbocycles. The number of likely N-dealkylation sites (tertiary alicyclic amines) is 1. The number of hydrogen-bond acceptors (Lipinski definition) is 5. The number of halogens is 1. The van der Waals surface area contributed by atoms with Gasteiger partial charge in [-0.2, -0.15) is 5.10 Å². The van der Waals surface area contributed by atoms with Crippen molar-refractivity contribution in [2.75, 3.05) is 18.5 Å². The van der Waals surface area contributed by atoms with Crippen molar-refractivity contribution in [3.63, 3.8) is 0 Å². The number of hydrazone groups is 1. The Hall–Kier alpha value is -2.80. The SMILES string of the molecule is O=C(O)c1cc(NN=C2CCN(C(=O)c3ccoc3)CC2)ccc1Cl. The number of carboxylic acid groups (broad SMARTS) is 1. The molecule has 1 saturated heterocycles. The summed E-state index contributed by atoms with van der Waals surface area (Å²) in [6.07, 6.45) is 4.21. The Morgan fingerprint density at radius 3 is 2.64 bits per heavy atom. The second-order valence-corrected chi connectivity index (χ2v) is 6.00. The van der Waals surface area contributed by atoms with Crippen LogP contribution in [0.1, 0.15) is 33.6 Å². The van der Waals surface area contributed by atoms with E-state index in [1.54, 1.807) is 17.0 Å². The minimum Gasteiger partial charge on any atom is -0.478 e. The van der Waals surface area contributed by atoms with Gasteiger partial charge in [-0.3, -0.25) is 10.2 Å². The molecular weight excluding hydrogens is 346 g/mol. The van der Waals surface area contributed by atoms with Crippen molar-refractivity contribution in [1.29, 1.82) is 0 Å². The van der Waals surface area contributed by atoms with Gasteiger partial charge in [0.25, 0.3) is 5.91 Å². The van der Waals surface area contributed by atoms with Gasteiger partial charge in [0.05, 0.1) is 28.1 Å². The molecule has 1 aromatic carbocycles. The van der Waals surface area contributed by atoms with Crippen LogP contribution in [0.3, 0.4) is 0 Å². The Balaban J connectivity index is 1.59. The van der Waals surface area contributed by atoms with Crippen LogP contribution in [0.15, 0.2) is 46.3 Å². The van der Waals surface area contributed by atoms with Crippen LogP contribution in [0.2, 0.25) is 5.02 Å². The van der Waals surface area contributed by atoms with Crippen molar-refractivity contribution in [2.45, 2.75) is 12.8 Å². The van der Waals surface area contributed by atoms with Gasteiger partial charge in [0.15, 0.2) is 0 Å². The Morgan fingerprint density at radius 1 is 1.24 bits per heavy atom. The van der Waals surface area contributed by atoms with E-state index in [9.17, 15) is 9.59 Å². The minimum absolute atomic E-state index is 0.0207. The summed E-state index contributed by atoms with van der Waals surface area (Å²) in [6.45, 7) is 1.15. The van der Waals surface area contributed by atoms with E-state index in [0.29, 0.717) is 37.2 Å².